The first-order valence-corrected chi connectivity index (χ1v) is 7.59. The molecule has 1 aliphatic heterocycles. The predicted molar refractivity (Wildman–Crippen MR) is 82.6 cm³/mol. The second-order valence-electron chi connectivity index (χ2n) is 5.69. The van der Waals surface area contributed by atoms with Crippen LogP contribution in [0.1, 0.15) is 17.0 Å². The first-order valence-electron chi connectivity index (χ1n) is 7.59. The molecule has 22 heavy (non-hydrogen) atoms. The van der Waals surface area contributed by atoms with E-state index in [-0.39, 0.29) is 0 Å². The Balaban J connectivity index is 1.46. The largest absolute Gasteiger partial charge is 0.481 e. The molecule has 6 nitrogen and oxygen atoms in total. The van der Waals surface area contributed by atoms with Crippen LogP contribution in [0.4, 0.5) is 0 Å². The monoisotopic (exact) mass is 302 g/mol. The van der Waals surface area contributed by atoms with Crippen molar-refractivity contribution in [3.05, 3.63) is 41.4 Å². The van der Waals surface area contributed by atoms with Gasteiger partial charge in [0.25, 0.3) is 0 Å². The van der Waals surface area contributed by atoms with Crippen LogP contribution in [-0.4, -0.2) is 53.2 Å². The van der Waals surface area contributed by atoms with Crippen LogP contribution in [0.15, 0.2) is 28.9 Å². The molecule has 2 aromatic rings. The quantitative estimate of drug-likeness (QED) is 0.838. The van der Waals surface area contributed by atoms with Crippen LogP contribution in [0.5, 0.6) is 5.88 Å². The van der Waals surface area contributed by atoms with Gasteiger partial charge in [-0.15, -0.1) is 0 Å². The molecule has 0 N–H and O–H groups in total. The zero-order chi connectivity index (χ0) is 15.4. The molecule has 118 valence electrons. The van der Waals surface area contributed by atoms with Gasteiger partial charge in [0, 0.05) is 57.6 Å². The van der Waals surface area contributed by atoms with Crippen molar-refractivity contribution >= 4 is 0 Å². The zero-order valence-electron chi connectivity index (χ0n) is 13.2. The van der Waals surface area contributed by atoms with Crippen LogP contribution >= 0.6 is 0 Å². The van der Waals surface area contributed by atoms with Crippen molar-refractivity contribution in [1.82, 2.24) is 19.9 Å². The van der Waals surface area contributed by atoms with Gasteiger partial charge in [-0.2, -0.15) is 0 Å². The number of nitrogens with zero attached hydrogens (tertiary/aromatic N) is 4. The summed E-state index contributed by atoms with van der Waals surface area (Å²) in [5.41, 5.74) is 2.24. The maximum Gasteiger partial charge on any atom is 0.212 e. The van der Waals surface area contributed by atoms with E-state index in [9.17, 15) is 0 Å². The molecule has 0 bridgehead atoms. The van der Waals surface area contributed by atoms with E-state index in [1.165, 1.54) is 5.56 Å². The molecule has 1 fully saturated rings. The van der Waals surface area contributed by atoms with Gasteiger partial charge in [-0.05, 0) is 12.5 Å². The molecule has 6 heteroatoms. The van der Waals surface area contributed by atoms with Crippen LogP contribution in [0, 0.1) is 6.92 Å². The highest BCUT2D eigenvalue weighted by Gasteiger charge is 2.18. The van der Waals surface area contributed by atoms with Crippen molar-refractivity contribution < 1.29 is 9.26 Å². The molecule has 0 spiro atoms. The average molecular weight is 302 g/mol. The van der Waals surface area contributed by atoms with E-state index in [4.69, 9.17) is 9.26 Å². The summed E-state index contributed by atoms with van der Waals surface area (Å²) in [5.74, 6) is 1.54. The maximum atomic E-state index is 5.12. The summed E-state index contributed by atoms with van der Waals surface area (Å²) < 4.78 is 10.2. The van der Waals surface area contributed by atoms with Gasteiger partial charge in [-0.3, -0.25) is 9.80 Å². The van der Waals surface area contributed by atoms with Gasteiger partial charge in [0.15, 0.2) is 0 Å². The van der Waals surface area contributed by atoms with Crippen LogP contribution < -0.4 is 4.74 Å². The fraction of sp³-hybridized carbons (Fsp3) is 0.500. The van der Waals surface area contributed by atoms with E-state index in [2.05, 4.69) is 26.0 Å². The molecule has 0 amide bonds. The van der Waals surface area contributed by atoms with E-state index >= 15 is 0 Å². The third kappa shape index (κ3) is 3.84. The number of aromatic nitrogens is 2. The molecule has 1 saturated heterocycles. The second kappa shape index (κ2) is 6.89. The van der Waals surface area contributed by atoms with E-state index < -0.39 is 0 Å². The molecule has 0 radical (unpaired) electrons. The molecule has 1 aliphatic rings. The molecular formula is C16H22N4O2. The fourth-order valence-electron chi connectivity index (χ4n) is 2.71. The molecular weight excluding hydrogens is 280 g/mol. The van der Waals surface area contributed by atoms with Gasteiger partial charge in [0.05, 0.1) is 12.8 Å². The molecule has 3 rings (SSSR count). The molecule has 2 aromatic heterocycles. The number of piperazine rings is 1. The van der Waals surface area contributed by atoms with Crippen LogP contribution in [-0.2, 0) is 13.1 Å². The van der Waals surface area contributed by atoms with Crippen LogP contribution in [0.2, 0.25) is 0 Å². The summed E-state index contributed by atoms with van der Waals surface area (Å²) >= 11 is 0. The van der Waals surface area contributed by atoms with Gasteiger partial charge in [-0.1, -0.05) is 11.2 Å². The van der Waals surface area contributed by atoms with Gasteiger partial charge in [0.2, 0.25) is 5.88 Å². The van der Waals surface area contributed by atoms with Gasteiger partial charge in [-0.25, -0.2) is 4.98 Å². The lowest BCUT2D eigenvalue weighted by Gasteiger charge is -2.34. The smallest absolute Gasteiger partial charge is 0.212 e. The van der Waals surface area contributed by atoms with Crippen LogP contribution in [0.25, 0.3) is 0 Å². The van der Waals surface area contributed by atoms with Crippen molar-refractivity contribution in [2.24, 2.45) is 0 Å². The summed E-state index contributed by atoms with van der Waals surface area (Å²) in [6.07, 6.45) is 1.89. The predicted octanol–water partition coefficient (Wildman–Crippen LogP) is 1.70. The number of rotatable bonds is 5. The van der Waals surface area contributed by atoms with E-state index in [0.717, 1.165) is 50.7 Å². The topological polar surface area (TPSA) is 54.6 Å². The van der Waals surface area contributed by atoms with E-state index in [1.807, 2.05) is 25.3 Å². The second-order valence-corrected chi connectivity index (χ2v) is 5.69. The SMILES string of the molecule is COc1ccc(CN2CCN(Cc3cc(C)on3)CC2)cn1. The number of hydrogen-bond acceptors (Lipinski definition) is 6. The highest BCUT2D eigenvalue weighted by molar-refractivity contribution is 5.17. The molecule has 0 unspecified atom stereocenters. The first kappa shape index (κ1) is 15.0. The fourth-order valence-corrected chi connectivity index (χ4v) is 2.71. The minimum atomic E-state index is 0.663. The van der Waals surface area contributed by atoms with Crippen molar-refractivity contribution in [2.45, 2.75) is 20.0 Å². The highest BCUT2D eigenvalue weighted by atomic mass is 16.5. The third-order valence-electron chi connectivity index (χ3n) is 3.94. The van der Waals surface area contributed by atoms with E-state index in [1.54, 1.807) is 7.11 Å². The highest BCUT2D eigenvalue weighted by Crippen LogP contribution is 2.13. The molecule has 0 saturated carbocycles. The van der Waals surface area contributed by atoms with Crippen molar-refractivity contribution in [3.63, 3.8) is 0 Å². The lowest BCUT2D eigenvalue weighted by molar-refractivity contribution is 0.120. The Labute approximate surface area is 130 Å². The standard InChI is InChI=1S/C16H22N4O2/c1-13-9-15(18-22-13)12-20-7-5-19(6-8-20)11-14-3-4-16(21-2)17-10-14/h3-4,9-10H,5-8,11-12H2,1-2H3. The van der Waals surface area contributed by atoms with E-state index in [0.29, 0.717) is 5.88 Å². The Morgan fingerprint density at radius 3 is 2.41 bits per heavy atom. The number of methoxy groups -OCH3 is 1. The summed E-state index contributed by atoms with van der Waals surface area (Å²) in [6.45, 7) is 7.96. The first-order chi connectivity index (χ1) is 10.7. The Morgan fingerprint density at radius 1 is 1.14 bits per heavy atom. The maximum absolute atomic E-state index is 5.12. The third-order valence-corrected chi connectivity index (χ3v) is 3.94. The zero-order valence-corrected chi connectivity index (χ0v) is 13.2. The van der Waals surface area contributed by atoms with Crippen molar-refractivity contribution in [1.29, 1.82) is 0 Å². The molecule has 0 atom stereocenters. The molecule has 0 aliphatic carbocycles. The van der Waals surface area contributed by atoms with Gasteiger partial charge in [0.1, 0.15) is 5.76 Å². The average Bonchev–Trinajstić information content (AvgIpc) is 2.95. The lowest BCUT2D eigenvalue weighted by atomic mass is 10.2. The number of aryl methyl sites for hydroxylation is 1. The normalized spacial score (nSPS) is 16.8. The Bertz CT molecular complexity index is 588. The Hall–Kier alpha value is -1.92. The van der Waals surface area contributed by atoms with Gasteiger partial charge < -0.3 is 9.26 Å². The minimum Gasteiger partial charge on any atom is -0.481 e. The van der Waals surface area contributed by atoms with Crippen molar-refractivity contribution in [3.8, 4) is 5.88 Å². The summed E-state index contributed by atoms with van der Waals surface area (Å²) in [7, 11) is 1.64. The number of hydrogen-bond donors (Lipinski definition) is 0. The lowest BCUT2D eigenvalue weighted by Crippen LogP contribution is -2.45. The minimum absolute atomic E-state index is 0.663. The van der Waals surface area contributed by atoms with Crippen molar-refractivity contribution in [2.75, 3.05) is 33.3 Å². The van der Waals surface area contributed by atoms with Crippen LogP contribution in [0.3, 0.4) is 0 Å². The summed E-state index contributed by atoms with van der Waals surface area (Å²) in [6, 6.07) is 6.00. The number of pyridine rings is 1. The molecule has 0 aromatic carbocycles. The summed E-state index contributed by atoms with van der Waals surface area (Å²) in [4.78, 5) is 9.13. The number of ether oxygens (including phenoxy) is 1. The summed E-state index contributed by atoms with van der Waals surface area (Å²) in [5, 5.41) is 4.06. The Kier molecular flexibility index (Phi) is 4.70. The molecule has 3 heterocycles. The Morgan fingerprint density at radius 2 is 1.86 bits per heavy atom. The van der Waals surface area contributed by atoms with Gasteiger partial charge >= 0.3 is 0 Å².